The number of halogens is 1. The minimum Gasteiger partial charge on any atom is -0.303 e. The van der Waals surface area contributed by atoms with Gasteiger partial charge in [0.05, 0.1) is 22.9 Å². The molecule has 1 saturated heterocycles. The number of carbonyl (C=O) groups is 1. The molecule has 1 aliphatic heterocycles. The normalized spacial score (nSPS) is 20.2. The van der Waals surface area contributed by atoms with Gasteiger partial charge in [0.15, 0.2) is 0 Å². The molecule has 4 heteroatoms. The van der Waals surface area contributed by atoms with Crippen molar-refractivity contribution in [2.75, 3.05) is 19.6 Å². The second-order valence-electron chi connectivity index (χ2n) is 3.70. The molecule has 0 aromatic heterocycles. The Labute approximate surface area is 93.7 Å². The lowest BCUT2D eigenvalue weighted by molar-refractivity contribution is -0.122. The van der Waals surface area contributed by atoms with Crippen molar-refractivity contribution in [3.63, 3.8) is 0 Å². The average Bonchev–Trinajstić information content (AvgIpc) is 2.65. The predicted molar refractivity (Wildman–Crippen MR) is 61.6 cm³/mol. The van der Waals surface area contributed by atoms with Crippen molar-refractivity contribution in [2.24, 2.45) is 5.92 Å². The number of hydrogen-bond acceptors (Lipinski definition) is 2. The first-order valence-electron chi connectivity index (χ1n) is 4.87. The molecule has 1 unspecified atom stereocenters. The van der Waals surface area contributed by atoms with Crippen LogP contribution in [0, 0.1) is 5.92 Å². The molecule has 1 heterocycles. The fraction of sp³-hybridized carbons (Fsp3) is 0.889. The first-order valence-corrected chi connectivity index (χ1v) is 5.94. The van der Waals surface area contributed by atoms with Gasteiger partial charge in [0.1, 0.15) is 0 Å². The Morgan fingerprint density at radius 1 is 1.54 bits per heavy atom. The number of carbonyl (C=O) groups excluding carboxylic acids is 1. The molecule has 0 saturated carbocycles. The fourth-order valence-electron chi connectivity index (χ4n) is 1.61. The molecule has 0 aromatic carbocycles. The van der Waals surface area contributed by atoms with Gasteiger partial charge in [-0.15, -0.1) is 0 Å². The van der Waals surface area contributed by atoms with Crippen LogP contribution < -0.4 is 3.53 Å². The lowest BCUT2D eigenvalue weighted by Crippen LogP contribution is -2.27. The molecule has 0 aliphatic carbocycles. The maximum atomic E-state index is 11.2. The number of rotatable bonds is 4. The third-order valence-electron chi connectivity index (χ3n) is 2.62. The average molecular weight is 296 g/mol. The zero-order chi connectivity index (χ0) is 9.68. The van der Waals surface area contributed by atoms with Crippen LogP contribution in [-0.4, -0.2) is 30.4 Å². The van der Waals surface area contributed by atoms with Crippen LogP contribution in [0.1, 0.15) is 26.2 Å². The highest BCUT2D eigenvalue weighted by Crippen LogP contribution is 2.10. The summed E-state index contributed by atoms with van der Waals surface area (Å²) in [7, 11) is 0. The SMILES string of the molecule is CC(CCN1CCCC1)C(=O)NI. The van der Waals surface area contributed by atoms with E-state index in [2.05, 4.69) is 8.43 Å². The number of nitrogens with one attached hydrogen (secondary N) is 1. The standard InChI is InChI=1S/C9H17IN2O/c1-8(9(13)11-10)4-7-12-5-2-3-6-12/h8H,2-7H2,1H3,(H,11,13). The molecule has 13 heavy (non-hydrogen) atoms. The summed E-state index contributed by atoms with van der Waals surface area (Å²) in [4.78, 5) is 13.6. The summed E-state index contributed by atoms with van der Waals surface area (Å²) in [6, 6.07) is 0. The Kier molecular flexibility index (Phi) is 5.01. The van der Waals surface area contributed by atoms with Crippen LogP contribution in [0.2, 0.25) is 0 Å². The molecule has 1 aliphatic rings. The van der Waals surface area contributed by atoms with Crippen LogP contribution in [0.4, 0.5) is 0 Å². The van der Waals surface area contributed by atoms with Crippen LogP contribution in [-0.2, 0) is 4.79 Å². The van der Waals surface area contributed by atoms with Crippen molar-refractivity contribution in [2.45, 2.75) is 26.2 Å². The van der Waals surface area contributed by atoms with E-state index in [-0.39, 0.29) is 11.8 Å². The van der Waals surface area contributed by atoms with Crippen molar-refractivity contribution >= 4 is 28.8 Å². The second kappa shape index (κ2) is 5.80. The predicted octanol–water partition coefficient (Wildman–Crippen LogP) is 1.57. The van der Waals surface area contributed by atoms with Gasteiger partial charge < -0.3 is 4.90 Å². The van der Waals surface area contributed by atoms with Gasteiger partial charge in [-0.2, -0.15) is 0 Å². The zero-order valence-corrected chi connectivity index (χ0v) is 10.2. The summed E-state index contributed by atoms with van der Waals surface area (Å²) in [6.45, 7) is 5.51. The zero-order valence-electron chi connectivity index (χ0n) is 8.05. The molecular weight excluding hydrogens is 279 g/mol. The minimum atomic E-state index is 0.150. The van der Waals surface area contributed by atoms with E-state index < -0.39 is 0 Å². The molecule has 1 N–H and O–H groups in total. The Hall–Kier alpha value is 0.160. The van der Waals surface area contributed by atoms with Crippen molar-refractivity contribution in [3.8, 4) is 0 Å². The minimum absolute atomic E-state index is 0.150. The highest BCUT2D eigenvalue weighted by molar-refractivity contribution is 14.1. The molecule has 1 rings (SSSR count). The van der Waals surface area contributed by atoms with Crippen molar-refractivity contribution in [3.05, 3.63) is 0 Å². The van der Waals surface area contributed by atoms with Gasteiger partial charge in [-0.05, 0) is 38.9 Å². The van der Waals surface area contributed by atoms with Crippen LogP contribution in [0.15, 0.2) is 0 Å². The van der Waals surface area contributed by atoms with E-state index in [0.717, 1.165) is 13.0 Å². The molecule has 0 radical (unpaired) electrons. The van der Waals surface area contributed by atoms with E-state index in [1.807, 2.05) is 29.8 Å². The van der Waals surface area contributed by atoms with E-state index in [4.69, 9.17) is 0 Å². The molecule has 1 fully saturated rings. The number of nitrogens with zero attached hydrogens (tertiary/aromatic N) is 1. The first-order chi connectivity index (χ1) is 6.24. The summed E-state index contributed by atoms with van der Waals surface area (Å²) in [5, 5.41) is 0. The summed E-state index contributed by atoms with van der Waals surface area (Å²) in [5.74, 6) is 0.303. The fourth-order valence-corrected chi connectivity index (χ4v) is 2.14. The molecule has 76 valence electrons. The molecule has 0 aromatic rings. The van der Waals surface area contributed by atoms with Gasteiger partial charge in [-0.1, -0.05) is 6.92 Å². The summed E-state index contributed by atoms with van der Waals surface area (Å²) < 4.78 is 2.65. The smallest absolute Gasteiger partial charge is 0.231 e. The largest absolute Gasteiger partial charge is 0.303 e. The third kappa shape index (κ3) is 3.81. The highest BCUT2D eigenvalue weighted by Gasteiger charge is 2.15. The quantitative estimate of drug-likeness (QED) is 0.631. The Morgan fingerprint density at radius 2 is 2.15 bits per heavy atom. The van der Waals surface area contributed by atoms with Gasteiger partial charge in [0, 0.05) is 5.92 Å². The van der Waals surface area contributed by atoms with E-state index in [0.29, 0.717) is 0 Å². The first kappa shape index (κ1) is 11.2. The van der Waals surface area contributed by atoms with Crippen LogP contribution in [0.25, 0.3) is 0 Å². The van der Waals surface area contributed by atoms with Gasteiger partial charge in [0.25, 0.3) is 0 Å². The third-order valence-corrected chi connectivity index (χ3v) is 3.15. The van der Waals surface area contributed by atoms with E-state index >= 15 is 0 Å². The van der Waals surface area contributed by atoms with Crippen molar-refractivity contribution in [1.82, 2.24) is 8.43 Å². The van der Waals surface area contributed by atoms with E-state index in [1.165, 1.54) is 25.9 Å². The molecular formula is C9H17IN2O. The Balaban J connectivity index is 2.13. The summed E-state index contributed by atoms with van der Waals surface area (Å²) in [6.07, 6.45) is 3.63. The number of hydrogen-bond donors (Lipinski definition) is 1. The maximum absolute atomic E-state index is 11.2. The van der Waals surface area contributed by atoms with Crippen LogP contribution in [0.3, 0.4) is 0 Å². The second-order valence-corrected chi connectivity index (χ2v) is 4.24. The van der Waals surface area contributed by atoms with E-state index in [9.17, 15) is 4.79 Å². The lowest BCUT2D eigenvalue weighted by Gasteiger charge is -2.16. The molecule has 0 bridgehead atoms. The van der Waals surface area contributed by atoms with Gasteiger partial charge in [-0.25, -0.2) is 0 Å². The monoisotopic (exact) mass is 296 g/mol. The topological polar surface area (TPSA) is 32.3 Å². The summed E-state index contributed by atoms with van der Waals surface area (Å²) in [5.41, 5.74) is 0. The molecule has 1 amide bonds. The molecule has 0 spiro atoms. The highest BCUT2D eigenvalue weighted by atomic mass is 127. The Morgan fingerprint density at radius 3 is 2.69 bits per heavy atom. The summed E-state index contributed by atoms with van der Waals surface area (Å²) >= 11 is 1.90. The van der Waals surface area contributed by atoms with E-state index in [1.54, 1.807) is 0 Å². The van der Waals surface area contributed by atoms with Crippen molar-refractivity contribution in [1.29, 1.82) is 0 Å². The van der Waals surface area contributed by atoms with Crippen LogP contribution >= 0.6 is 22.9 Å². The molecule has 1 atom stereocenters. The van der Waals surface area contributed by atoms with Crippen molar-refractivity contribution < 1.29 is 4.79 Å². The van der Waals surface area contributed by atoms with Gasteiger partial charge >= 0.3 is 0 Å². The number of likely N-dealkylation sites (tertiary alicyclic amines) is 1. The molecule has 3 nitrogen and oxygen atoms in total. The number of amides is 1. The van der Waals surface area contributed by atoms with Crippen LogP contribution in [0.5, 0.6) is 0 Å². The van der Waals surface area contributed by atoms with Gasteiger partial charge in [-0.3, -0.25) is 8.32 Å². The van der Waals surface area contributed by atoms with Gasteiger partial charge in [0.2, 0.25) is 5.91 Å². The lowest BCUT2D eigenvalue weighted by atomic mass is 10.1. The Bertz CT molecular complexity index is 169. The maximum Gasteiger partial charge on any atom is 0.231 e.